The van der Waals surface area contributed by atoms with Crippen LogP contribution in [0.4, 0.5) is 26.3 Å². The minimum Gasteiger partial charge on any atom is -0.475 e. The van der Waals surface area contributed by atoms with E-state index in [2.05, 4.69) is 9.88 Å². The van der Waals surface area contributed by atoms with Crippen LogP contribution in [-0.4, -0.2) is 75.8 Å². The summed E-state index contributed by atoms with van der Waals surface area (Å²) in [5, 5.41) is 14.2. The first-order chi connectivity index (χ1) is 17.3. The second-order valence-electron chi connectivity index (χ2n) is 7.92. The molecule has 2 aromatic heterocycles. The van der Waals surface area contributed by atoms with Gasteiger partial charge in [0.2, 0.25) is 0 Å². The van der Waals surface area contributed by atoms with Gasteiger partial charge < -0.3 is 24.1 Å². The number of aromatic nitrogens is 1. The van der Waals surface area contributed by atoms with Crippen molar-refractivity contribution in [2.75, 3.05) is 13.2 Å². The first-order valence-corrected chi connectivity index (χ1v) is 10.8. The lowest BCUT2D eigenvalue weighted by molar-refractivity contribution is -0.193. The number of halogens is 6. The summed E-state index contributed by atoms with van der Waals surface area (Å²) in [5.74, 6) is -5.51. The van der Waals surface area contributed by atoms with Gasteiger partial charge >= 0.3 is 24.3 Å². The molecule has 0 aliphatic carbocycles. The van der Waals surface area contributed by atoms with Crippen LogP contribution < -0.4 is 0 Å². The summed E-state index contributed by atoms with van der Waals surface area (Å²) in [5.41, 5.74) is 2.37. The Kier molecular flexibility index (Phi) is 10.9. The van der Waals surface area contributed by atoms with Crippen LogP contribution in [0.5, 0.6) is 0 Å². The highest BCUT2D eigenvalue weighted by Crippen LogP contribution is 2.32. The molecule has 2 fully saturated rings. The average Bonchev–Trinajstić information content (AvgIpc) is 3.46. The number of likely N-dealkylation sites (tertiary alicyclic amines) is 1. The summed E-state index contributed by atoms with van der Waals surface area (Å²) in [4.78, 5) is 24.3. The van der Waals surface area contributed by atoms with Crippen molar-refractivity contribution in [2.24, 2.45) is 0 Å². The van der Waals surface area contributed by atoms with E-state index in [1.165, 1.54) is 12.0 Å². The maximum atomic E-state index is 10.6. The fourth-order valence-electron chi connectivity index (χ4n) is 3.63. The van der Waals surface area contributed by atoms with Crippen LogP contribution in [0.2, 0.25) is 0 Å². The zero-order chi connectivity index (χ0) is 27.6. The van der Waals surface area contributed by atoms with Gasteiger partial charge in [-0.3, -0.25) is 9.88 Å². The highest BCUT2D eigenvalue weighted by atomic mass is 19.4. The predicted octanol–water partition coefficient (Wildman–Crippen LogP) is 3.89. The summed E-state index contributed by atoms with van der Waals surface area (Å²) in [7, 11) is 0. The van der Waals surface area contributed by atoms with Crippen LogP contribution in [0.1, 0.15) is 24.0 Å². The first-order valence-electron chi connectivity index (χ1n) is 10.8. The van der Waals surface area contributed by atoms with Crippen molar-refractivity contribution >= 4 is 11.9 Å². The van der Waals surface area contributed by atoms with Gasteiger partial charge in [0, 0.05) is 43.7 Å². The Hall–Kier alpha value is -3.17. The van der Waals surface area contributed by atoms with Gasteiger partial charge in [0.1, 0.15) is 6.10 Å². The predicted molar refractivity (Wildman–Crippen MR) is 112 cm³/mol. The quantitative estimate of drug-likeness (QED) is 0.542. The van der Waals surface area contributed by atoms with Crippen molar-refractivity contribution in [3.05, 3.63) is 54.2 Å². The third kappa shape index (κ3) is 10.0. The van der Waals surface area contributed by atoms with Crippen LogP contribution >= 0.6 is 0 Å². The Labute approximate surface area is 206 Å². The molecule has 2 N–H and O–H groups in total. The number of rotatable bonds is 5. The van der Waals surface area contributed by atoms with Crippen molar-refractivity contribution in [3.8, 4) is 0 Å². The largest absolute Gasteiger partial charge is 0.490 e. The van der Waals surface area contributed by atoms with Crippen LogP contribution in [0.25, 0.3) is 0 Å². The van der Waals surface area contributed by atoms with Gasteiger partial charge in [0.25, 0.3) is 0 Å². The van der Waals surface area contributed by atoms with Gasteiger partial charge in [0.05, 0.1) is 25.2 Å². The molecule has 0 amide bonds. The third-order valence-electron chi connectivity index (χ3n) is 5.25. The minimum atomic E-state index is -5.08. The number of aliphatic carboxylic acids is 2. The number of fused-ring (bicyclic) bond motifs is 1. The Morgan fingerprint density at radius 2 is 1.62 bits per heavy atom. The Morgan fingerprint density at radius 3 is 2.14 bits per heavy atom. The fourth-order valence-corrected chi connectivity index (χ4v) is 3.63. The van der Waals surface area contributed by atoms with E-state index in [0.717, 1.165) is 31.7 Å². The van der Waals surface area contributed by atoms with Gasteiger partial charge in [-0.25, -0.2) is 9.59 Å². The summed E-state index contributed by atoms with van der Waals surface area (Å²) in [6.07, 6.45) is -0.395. The molecule has 4 heterocycles. The number of carbonyl (C=O) groups is 2. The number of hydrogen-bond acceptors (Lipinski definition) is 7. The van der Waals surface area contributed by atoms with Gasteiger partial charge in [0.15, 0.2) is 0 Å². The lowest BCUT2D eigenvalue weighted by Gasteiger charge is -2.32. The summed E-state index contributed by atoms with van der Waals surface area (Å²) in [6, 6.07) is 6.47. The maximum Gasteiger partial charge on any atom is 0.490 e. The summed E-state index contributed by atoms with van der Waals surface area (Å²) >= 11 is 0. The van der Waals surface area contributed by atoms with E-state index in [0.29, 0.717) is 12.6 Å². The normalized spacial score (nSPS) is 21.6. The molecule has 0 saturated carbocycles. The van der Waals surface area contributed by atoms with Crippen molar-refractivity contribution in [1.82, 2.24) is 9.88 Å². The molecule has 0 radical (unpaired) electrons. The lowest BCUT2D eigenvalue weighted by atomic mass is 10.0. The molecule has 0 aromatic carbocycles. The molecule has 3 atom stereocenters. The minimum absolute atomic E-state index is 0.125. The number of furan rings is 1. The number of nitrogens with zero attached hydrogens (tertiary/aromatic N) is 2. The van der Waals surface area contributed by atoms with E-state index >= 15 is 0 Å². The SMILES string of the molecule is O=C(O)C(F)(F)F.O=C(O)C(F)(F)F.c1cc(CO[C@@H]2CN(Cc3ccoc3)[C@H]3CCCO[C@@H]23)ccn1. The standard InChI is InChI=1S/C18H22N2O3.2C2HF3O2/c1-2-16-18(22-8-1)17(23-13-14-3-6-19-7-4-14)11-20(16)10-15-5-9-21-12-15;2*3-2(4,5)1(6)7/h3-7,9,12,16-18H,1-2,8,10-11,13H2;2*(H,6,7)/t16-,17+,18+;;/m0../s1. The van der Waals surface area contributed by atoms with Crippen molar-refractivity contribution in [3.63, 3.8) is 0 Å². The third-order valence-corrected chi connectivity index (χ3v) is 5.25. The molecule has 2 aliphatic rings. The van der Waals surface area contributed by atoms with Crippen LogP contribution in [-0.2, 0) is 32.2 Å². The molecular formula is C22H24F6N2O7. The molecule has 4 rings (SSSR count). The van der Waals surface area contributed by atoms with E-state index < -0.39 is 24.3 Å². The Morgan fingerprint density at radius 1 is 1.03 bits per heavy atom. The zero-order valence-corrected chi connectivity index (χ0v) is 19.1. The topological polar surface area (TPSA) is 122 Å². The molecule has 15 heteroatoms. The molecule has 2 saturated heterocycles. The monoisotopic (exact) mass is 542 g/mol. The van der Waals surface area contributed by atoms with Gasteiger partial charge in [-0.2, -0.15) is 26.3 Å². The molecule has 2 aromatic rings. The smallest absolute Gasteiger partial charge is 0.475 e. The first kappa shape index (κ1) is 30.1. The van der Waals surface area contributed by atoms with E-state index in [1.807, 2.05) is 24.5 Å². The van der Waals surface area contributed by atoms with E-state index in [4.69, 9.17) is 33.7 Å². The molecule has 37 heavy (non-hydrogen) atoms. The van der Waals surface area contributed by atoms with Crippen LogP contribution in [0, 0.1) is 0 Å². The van der Waals surface area contributed by atoms with Crippen molar-refractivity contribution < 1.29 is 60.0 Å². The highest BCUT2D eigenvalue weighted by Gasteiger charge is 2.44. The number of hydrogen-bond donors (Lipinski definition) is 2. The molecule has 9 nitrogen and oxygen atoms in total. The summed E-state index contributed by atoms with van der Waals surface area (Å²) < 4.78 is 80.9. The molecule has 0 bridgehead atoms. The lowest BCUT2D eigenvalue weighted by Crippen LogP contribution is -2.41. The zero-order valence-electron chi connectivity index (χ0n) is 19.1. The second-order valence-corrected chi connectivity index (χ2v) is 7.92. The highest BCUT2D eigenvalue weighted by molar-refractivity contribution is 5.73. The number of carboxylic acid groups (broad SMARTS) is 2. The second kappa shape index (κ2) is 13.4. The number of pyridine rings is 1. The molecule has 206 valence electrons. The maximum absolute atomic E-state index is 10.6. The molecular weight excluding hydrogens is 518 g/mol. The summed E-state index contributed by atoms with van der Waals surface area (Å²) in [6.45, 7) is 3.26. The molecule has 0 spiro atoms. The van der Waals surface area contributed by atoms with Gasteiger partial charge in [-0.1, -0.05) is 0 Å². The van der Waals surface area contributed by atoms with Crippen LogP contribution in [0.3, 0.4) is 0 Å². The van der Waals surface area contributed by atoms with Crippen molar-refractivity contribution in [2.45, 2.75) is 56.6 Å². The molecule has 2 aliphatic heterocycles. The molecule has 0 unspecified atom stereocenters. The Balaban J connectivity index is 0.000000286. The average molecular weight is 542 g/mol. The fraction of sp³-hybridized carbons (Fsp3) is 0.500. The van der Waals surface area contributed by atoms with E-state index in [1.54, 1.807) is 18.7 Å². The number of alkyl halides is 6. The van der Waals surface area contributed by atoms with Crippen molar-refractivity contribution in [1.29, 1.82) is 0 Å². The van der Waals surface area contributed by atoms with Crippen LogP contribution in [0.15, 0.2) is 47.5 Å². The van der Waals surface area contributed by atoms with Gasteiger partial charge in [-0.15, -0.1) is 0 Å². The van der Waals surface area contributed by atoms with E-state index in [9.17, 15) is 26.3 Å². The number of ether oxygens (including phenoxy) is 2. The van der Waals surface area contributed by atoms with E-state index in [-0.39, 0.29) is 12.2 Å². The van der Waals surface area contributed by atoms with Gasteiger partial charge in [-0.05, 0) is 36.6 Å². The Bertz CT molecular complexity index is 946. The number of carboxylic acids is 2.